The maximum Gasteiger partial charge on any atom is 0.268 e. The van der Waals surface area contributed by atoms with Crippen molar-refractivity contribution in [3.63, 3.8) is 0 Å². The first-order valence-corrected chi connectivity index (χ1v) is 11.3. The highest BCUT2D eigenvalue weighted by Gasteiger charge is 2.28. The Balaban J connectivity index is 1.57. The molecule has 10 heteroatoms. The molecule has 0 fully saturated rings. The Kier molecular flexibility index (Phi) is 6.83. The molecule has 0 saturated heterocycles. The number of hydrogen-bond donors (Lipinski definition) is 2. The van der Waals surface area contributed by atoms with Gasteiger partial charge in [-0.05, 0) is 42.3 Å². The topological polar surface area (TPSA) is 116 Å². The maximum absolute atomic E-state index is 13.2. The lowest BCUT2D eigenvalue weighted by molar-refractivity contribution is 0.0773. The van der Waals surface area contributed by atoms with Gasteiger partial charge < -0.3 is 19.9 Å². The number of tetrazole rings is 1. The maximum atomic E-state index is 13.2. The summed E-state index contributed by atoms with van der Waals surface area (Å²) in [6.07, 6.45) is 0.749. The first-order valence-electron chi connectivity index (χ1n) is 11.3. The van der Waals surface area contributed by atoms with Gasteiger partial charge in [0.15, 0.2) is 5.82 Å². The molecule has 2 amide bonds. The van der Waals surface area contributed by atoms with Crippen molar-refractivity contribution in [1.29, 1.82) is 0 Å². The number of aryl methyl sites for hydroxylation is 1. The Bertz CT molecular complexity index is 1120. The molecule has 3 heterocycles. The van der Waals surface area contributed by atoms with Crippen LogP contribution in [0.2, 0.25) is 0 Å². The number of carbonyl (C=O) groups is 2. The van der Waals surface area contributed by atoms with Crippen LogP contribution in [0.15, 0.2) is 36.4 Å². The number of amides is 2. The van der Waals surface area contributed by atoms with Crippen LogP contribution in [-0.2, 0) is 24.4 Å². The Hall–Kier alpha value is -3.53. The van der Waals surface area contributed by atoms with E-state index in [4.69, 9.17) is 4.74 Å². The highest BCUT2D eigenvalue weighted by molar-refractivity contribution is 6.01. The highest BCUT2D eigenvalue weighted by atomic mass is 16.5. The summed E-state index contributed by atoms with van der Waals surface area (Å²) < 4.78 is 9.11. The molecule has 4 rings (SSSR count). The first kappa shape index (κ1) is 22.7. The van der Waals surface area contributed by atoms with Crippen molar-refractivity contribution < 1.29 is 14.3 Å². The van der Waals surface area contributed by atoms with Crippen molar-refractivity contribution in [2.75, 3.05) is 6.61 Å². The van der Waals surface area contributed by atoms with Crippen LogP contribution in [0.3, 0.4) is 0 Å². The fourth-order valence-electron chi connectivity index (χ4n) is 4.13. The minimum atomic E-state index is -0.390. The molecule has 2 aromatic heterocycles. The lowest BCUT2D eigenvalue weighted by atomic mass is 10.0. The van der Waals surface area contributed by atoms with E-state index in [0.717, 1.165) is 12.0 Å². The Labute approximate surface area is 192 Å². The van der Waals surface area contributed by atoms with Gasteiger partial charge in [0.1, 0.15) is 5.69 Å². The molecule has 0 saturated carbocycles. The van der Waals surface area contributed by atoms with Crippen LogP contribution < -0.4 is 10.6 Å². The molecule has 0 spiro atoms. The smallest absolute Gasteiger partial charge is 0.268 e. The largest absolute Gasteiger partial charge is 0.373 e. The molecule has 1 aliphatic rings. The predicted octanol–water partition coefficient (Wildman–Crippen LogP) is 2.40. The fraction of sp³-hybridized carbons (Fsp3) is 0.435. The predicted molar refractivity (Wildman–Crippen MR) is 120 cm³/mol. The summed E-state index contributed by atoms with van der Waals surface area (Å²) in [5.41, 5.74) is 2.63. The molecule has 1 aromatic carbocycles. The van der Waals surface area contributed by atoms with Crippen LogP contribution in [0.5, 0.6) is 0 Å². The zero-order chi connectivity index (χ0) is 23.4. The van der Waals surface area contributed by atoms with Gasteiger partial charge in [-0.1, -0.05) is 37.3 Å². The normalized spacial score (nSPS) is 14.9. The van der Waals surface area contributed by atoms with Crippen molar-refractivity contribution in [1.82, 2.24) is 35.4 Å². The zero-order valence-electron chi connectivity index (χ0n) is 19.1. The molecule has 2 atom stereocenters. The molecule has 174 valence electrons. The van der Waals surface area contributed by atoms with Crippen LogP contribution >= 0.6 is 0 Å². The summed E-state index contributed by atoms with van der Waals surface area (Å²) in [6.45, 7) is 7.66. The van der Waals surface area contributed by atoms with Gasteiger partial charge in [0.2, 0.25) is 0 Å². The fourth-order valence-corrected chi connectivity index (χ4v) is 4.13. The molecule has 10 nitrogen and oxygen atoms in total. The number of aromatic nitrogens is 5. The quantitative estimate of drug-likeness (QED) is 0.543. The highest BCUT2D eigenvalue weighted by Crippen LogP contribution is 2.24. The third-order valence-electron chi connectivity index (χ3n) is 5.89. The van der Waals surface area contributed by atoms with Crippen LogP contribution in [0.25, 0.3) is 0 Å². The summed E-state index contributed by atoms with van der Waals surface area (Å²) >= 11 is 0. The molecule has 2 N–H and O–H groups in total. The molecule has 3 aromatic rings. The van der Waals surface area contributed by atoms with Crippen LogP contribution in [-0.4, -0.2) is 43.2 Å². The number of hydrogen-bond acceptors (Lipinski definition) is 6. The average molecular weight is 452 g/mol. The van der Waals surface area contributed by atoms with Crippen molar-refractivity contribution >= 4 is 11.8 Å². The van der Waals surface area contributed by atoms with Gasteiger partial charge >= 0.3 is 0 Å². The van der Waals surface area contributed by atoms with E-state index in [1.165, 1.54) is 0 Å². The summed E-state index contributed by atoms with van der Waals surface area (Å²) in [6, 6.07) is 11.0. The number of nitrogens with one attached hydrogen (secondary N) is 2. The molecule has 0 radical (unpaired) electrons. The second kappa shape index (κ2) is 9.95. The van der Waals surface area contributed by atoms with E-state index in [2.05, 4.69) is 26.2 Å². The Morgan fingerprint density at radius 3 is 2.67 bits per heavy atom. The minimum absolute atomic E-state index is 0.121. The van der Waals surface area contributed by atoms with Gasteiger partial charge in [-0.2, -0.15) is 0 Å². The van der Waals surface area contributed by atoms with E-state index in [1.54, 1.807) is 10.7 Å². The van der Waals surface area contributed by atoms with Gasteiger partial charge in [-0.25, -0.2) is 4.68 Å². The van der Waals surface area contributed by atoms with E-state index < -0.39 is 6.04 Å². The number of benzene rings is 1. The second-order valence-corrected chi connectivity index (χ2v) is 7.99. The van der Waals surface area contributed by atoms with Crippen molar-refractivity contribution in [3.8, 4) is 0 Å². The van der Waals surface area contributed by atoms with E-state index in [9.17, 15) is 9.59 Å². The summed E-state index contributed by atoms with van der Waals surface area (Å²) in [5, 5.41) is 17.7. The summed E-state index contributed by atoms with van der Waals surface area (Å²) in [5.74, 6) is 0.0682. The molecular weight excluding hydrogens is 422 g/mol. The third-order valence-corrected chi connectivity index (χ3v) is 5.89. The minimum Gasteiger partial charge on any atom is -0.373 e. The van der Waals surface area contributed by atoms with Crippen LogP contribution in [0, 0.1) is 0 Å². The molecule has 33 heavy (non-hydrogen) atoms. The molecule has 0 bridgehead atoms. The van der Waals surface area contributed by atoms with E-state index in [1.807, 2.05) is 55.7 Å². The standard InChI is InChI=1S/C23H29N7O3/c1-4-18(16-9-7-6-8-10-16)25-22(31)17-13-19(29-11-12-33-14-20(17)29)23(32)24-15(3)21-26-27-28-30(21)5-2/h6-10,13,15,18H,4-5,11-12,14H2,1-3H3,(H,24,32)(H,25,31)/t15?,18-/m1/s1. The zero-order valence-corrected chi connectivity index (χ0v) is 19.1. The van der Waals surface area contributed by atoms with Gasteiger partial charge in [-0.15, -0.1) is 5.10 Å². The monoisotopic (exact) mass is 451 g/mol. The number of ether oxygens (including phenoxy) is 1. The van der Waals surface area contributed by atoms with Crippen molar-refractivity contribution in [3.05, 3.63) is 64.7 Å². The average Bonchev–Trinajstić information content (AvgIpc) is 3.48. The molecular formula is C23H29N7O3. The SMILES string of the molecule is CC[C@@H](NC(=O)c1cc(C(=O)NC(C)c2nnnn2CC)n2c1COCC2)c1ccccc1. The van der Waals surface area contributed by atoms with Gasteiger partial charge in [0.25, 0.3) is 11.8 Å². The summed E-state index contributed by atoms with van der Waals surface area (Å²) in [7, 11) is 0. The van der Waals surface area contributed by atoms with Crippen LogP contribution in [0.4, 0.5) is 0 Å². The van der Waals surface area contributed by atoms with Gasteiger partial charge in [0.05, 0.1) is 36.6 Å². The lowest BCUT2D eigenvalue weighted by Crippen LogP contribution is -2.32. The number of rotatable bonds is 8. The first-order chi connectivity index (χ1) is 16.0. The van der Waals surface area contributed by atoms with E-state index in [-0.39, 0.29) is 24.5 Å². The van der Waals surface area contributed by atoms with Crippen molar-refractivity contribution in [2.45, 2.75) is 59.0 Å². The van der Waals surface area contributed by atoms with Gasteiger partial charge in [0, 0.05) is 13.1 Å². The second-order valence-electron chi connectivity index (χ2n) is 7.99. The van der Waals surface area contributed by atoms with Crippen molar-refractivity contribution in [2.24, 2.45) is 0 Å². The van der Waals surface area contributed by atoms with Gasteiger partial charge in [-0.3, -0.25) is 9.59 Å². The lowest BCUT2D eigenvalue weighted by Gasteiger charge is -2.21. The molecule has 1 unspecified atom stereocenters. The summed E-state index contributed by atoms with van der Waals surface area (Å²) in [4.78, 5) is 26.4. The number of fused-ring (bicyclic) bond motifs is 1. The third kappa shape index (κ3) is 4.65. The Morgan fingerprint density at radius 2 is 1.94 bits per heavy atom. The van der Waals surface area contributed by atoms with E-state index in [0.29, 0.717) is 42.5 Å². The molecule has 0 aliphatic carbocycles. The Morgan fingerprint density at radius 1 is 1.15 bits per heavy atom. The molecule has 1 aliphatic heterocycles. The van der Waals surface area contributed by atoms with E-state index >= 15 is 0 Å². The number of nitrogens with zero attached hydrogens (tertiary/aromatic N) is 5. The van der Waals surface area contributed by atoms with Crippen LogP contribution in [0.1, 0.15) is 77.2 Å². The number of carbonyl (C=O) groups excluding carboxylic acids is 2.